The van der Waals surface area contributed by atoms with Gasteiger partial charge in [0.2, 0.25) is 0 Å². The zero-order valence-electron chi connectivity index (χ0n) is 10.8. The van der Waals surface area contributed by atoms with Gasteiger partial charge in [0.15, 0.2) is 17.3 Å². The second kappa shape index (κ2) is 6.01. The van der Waals surface area contributed by atoms with Gasteiger partial charge in [-0.15, -0.1) is 0 Å². The predicted molar refractivity (Wildman–Crippen MR) is 72.0 cm³/mol. The van der Waals surface area contributed by atoms with E-state index in [4.69, 9.17) is 9.84 Å². The molecule has 0 unspecified atom stereocenters. The average molecular weight is 276 g/mol. The Morgan fingerprint density at radius 3 is 2.85 bits per heavy atom. The van der Waals surface area contributed by atoms with E-state index in [1.807, 2.05) is 0 Å². The highest BCUT2D eigenvalue weighted by molar-refractivity contribution is 5.85. The minimum atomic E-state index is -1.12. The van der Waals surface area contributed by atoms with E-state index in [1.165, 1.54) is 18.2 Å². The largest absolute Gasteiger partial charge is 0.491 e. The monoisotopic (exact) mass is 276 g/mol. The van der Waals surface area contributed by atoms with Crippen LogP contribution in [0.3, 0.4) is 0 Å². The predicted octanol–water partition coefficient (Wildman–Crippen LogP) is 3.06. The van der Waals surface area contributed by atoms with Crippen LogP contribution in [0.1, 0.15) is 17.4 Å². The molecule has 5 nitrogen and oxygen atoms in total. The van der Waals surface area contributed by atoms with Gasteiger partial charge in [-0.3, -0.25) is 0 Å². The van der Waals surface area contributed by atoms with Crippen molar-refractivity contribution in [2.24, 2.45) is 0 Å². The number of aromatic carboxylic acids is 1. The summed E-state index contributed by atoms with van der Waals surface area (Å²) in [5.74, 6) is -1.11. The van der Waals surface area contributed by atoms with Crippen LogP contribution in [-0.4, -0.2) is 22.7 Å². The second-order valence-corrected chi connectivity index (χ2v) is 3.92. The fourth-order valence-electron chi connectivity index (χ4n) is 1.62. The summed E-state index contributed by atoms with van der Waals surface area (Å²) in [6, 6.07) is 8.93. The Bertz CT molecular complexity index is 632. The molecule has 0 saturated carbocycles. The number of carboxylic acids is 1. The standard InChI is InChI=1S/C14H13FN2O3/c1-2-20-12-7-6-9(8-10(12)15)16-13-5-3-4-11(17-13)14(18)19/h3-8H,2H2,1H3,(H,16,17)(H,18,19). The molecule has 0 spiro atoms. The molecule has 0 aliphatic heterocycles. The Morgan fingerprint density at radius 1 is 1.40 bits per heavy atom. The highest BCUT2D eigenvalue weighted by Crippen LogP contribution is 2.23. The van der Waals surface area contributed by atoms with E-state index in [0.29, 0.717) is 18.1 Å². The molecule has 20 heavy (non-hydrogen) atoms. The van der Waals surface area contributed by atoms with Crippen LogP contribution in [0.4, 0.5) is 15.9 Å². The smallest absolute Gasteiger partial charge is 0.354 e. The van der Waals surface area contributed by atoms with Crippen LogP contribution in [0.15, 0.2) is 36.4 Å². The number of pyridine rings is 1. The molecular formula is C14H13FN2O3. The van der Waals surface area contributed by atoms with Gasteiger partial charge in [0.1, 0.15) is 5.82 Å². The van der Waals surface area contributed by atoms with Crippen molar-refractivity contribution in [3.05, 3.63) is 47.9 Å². The number of carboxylic acid groups (broad SMARTS) is 1. The lowest BCUT2D eigenvalue weighted by Crippen LogP contribution is -2.03. The first-order chi connectivity index (χ1) is 9.60. The van der Waals surface area contributed by atoms with Gasteiger partial charge in [0, 0.05) is 11.8 Å². The normalized spacial score (nSPS) is 10.1. The minimum absolute atomic E-state index is 0.0820. The van der Waals surface area contributed by atoms with Crippen LogP contribution < -0.4 is 10.1 Å². The maximum atomic E-state index is 13.7. The zero-order valence-corrected chi connectivity index (χ0v) is 10.8. The lowest BCUT2D eigenvalue weighted by Gasteiger charge is -2.09. The van der Waals surface area contributed by atoms with Crippen molar-refractivity contribution in [1.29, 1.82) is 0 Å². The molecule has 0 aliphatic rings. The van der Waals surface area contributed by atoms with Crippen LogP contribution in [0.5, 0.6) is 5.75 Å². The van der Waals surface area contributed by atoms with Gasteiger partial charge in [-0.2, -0.15) is 0 Å². The van der Waals surface area contributed by atoms with E-state index >= 15 is 0 Å². The maximum Gasteiger partial charge on any atom is 0.354 e. The summed E-state index contributed by atoms with van der Waals surface area (Å²) in [4.78, 5) is 14.7. The van der Waals surface area contributed by atoms with Gasteiger partial charge in [-0.25, -0.2) is 14.2 Å². The van der Waals surface area contributed by atoms with Crippen molar-refractivity contribution >= 4 is 17.5 Å². The van der Waals surface area contributed by atoms with Crippen molar-refractivity contribution in [2.45, 2.75) is 6.92 Å². The summed E-state index contributed by atoms with van der Waals surface area (Å²) in [6.07, 6.45) is 0. The lowest BCUT2D eigenvalue weighted by atomic mass is 10.2. The Hall–Kier alpha value is -2.63. The first-order valence-corrected chi connectivity index (χ1v) is 6.00. The number of carbonyl (C=O) groups is 1. The average Bonchev–Trinajstić information content (AvgIpc) is 2.42. The second-order valence-electron chi connectivity index (χ2n) is 3.92. The molecule has 2 rings (SSSR count). The quantitative estimate of drug-likeness (QED) is 0.878. The van der Waals surface area contributed by atoms with E-state index in [0.717, 1.165) is 0 Å². The maximum absolute atomic E-state index is 13.7. The number of rotatable bonds is 5. The van der Waals surface area contributed by atoms with E-state index in [9.17, 15) is 9.18 Å². The van der Waals surface area contributed by atoms with Gasteiger partial charge in [0.05, 0.1) is 6.61 Å². The van der Waals surface area contributed by atoms with E-state index < -0.39 is 11.8 Å². The van der Waals surface area contributed by atoms with Crippen molar-refractivity contribution in [3.63, 3.8) is 0 Å². The molecule has 0 bridgehead atoms. The third-order valence-electron chi connectivity index (χ3n) is 2.47. The molecule has 0 fully saturated rings. The number of nitrogens with one attached hydrogen (secondary N) is 1. The number of hydrogen-bond donors (Lipinski definition) is 2. The summed E-state index contributed by atoms with van der Waals surface area (Å²) >= 11 is 0. The first kappa shape index (κ1) is 13.8. The van der Waals surface area contributed by atoms with Gasteiger partial charge in [-0.05, 0) is 31.2 Å². The van der Waals surface area contributed by atoms with E-state index in [2.05, 4.69) is 10.3 Å². The van der Waals surface area contributed by atoms with Crippen molar-refractivity contribution in [1.82, 2.24) is 4.98 Å². The van der Waals surface area contributed by atoms with E-state index in [-0.39, 0.29) is 11.4 Å². The topological polar surface area (TPSA) is 71.5 Å². The third-order valence-corrected chi connectivity index (χ3v) is 2.47. The van der Waals surface area contributed by atoms with Gasteiger partial charge in [0.25, 0.3) is 0 Å². The molecule has 2 aromatic rings. The summed E-state index contributed by atoms with van der Waals surface area (Å²) in [7, 11) is 0. The number of anilines is 2. The molecular weight excluding hydrogens is 263 g/mol. The Balaban J connectivity index is 2.19. The molecule has 0 amide bonds. The Labute approximate surface area is 115 Å². The summed E-state index contributed by atoms with van der Waals surface area (Å²) < 4.78 is 18.8. The fourth-order valence-corrected chi connectivity index (χ4v) is 1.62. The van der Waals surface area contributed by atoms with Crippen LogP contribution in [0, 0.1) is 5.82 Å². The van der Waals surface area contributed by atoms with Crippen LogP contribution in [0.2, 0.25) is 0 Å². The van der Waals surface area contributed by atoms with Gasteiger partial charge in [-0.1, -0.05) is 6.07 Å². The molecule has 1 aromatic heterocycles. The van der Waals surface area contributed by atoms with Gasteiger partial charge >= 0.3 is 5.97 Å². The number of ether oxygens (including phenoxy) is 1. The van der Waals surface area contributed by atoms with Crippen LogP contribution >= 0.6 is 0 Å². The molecule has 1 heterocycles. The number of hydrogen-bond acceptors (Lipinski definition) is 4. The summed E-state index contributed by atoms with van der Waals surface area (Å²) in [6.45, 7) is 2.15. The zero-order chi connectivity index (χ0) is 14.5. The first-order valence-electron chi connectivity index (χ1n) is 6.00. The Morgan fingerprint density at radius 2 is 2.20 bits per heavy atom. The molecule has 0 aliphatic carbocycles. The fraction of sp³-hybridized carbons (Fsp3) is 0.143. The summed E-state index contributed by atoms with van der Waals surface area (Å²) in [5.41, 5.74) is 0.377. The van der Waals surface area contributed by atoms with E-state index in [1.54, 1.807) is 25.1 Å². The molecule has 2 N–H and O–H groups in total. The number of nitrogens with zero attached hydrogens (tertiary/aromatic N) is 1. The lowest BCUT2D eigenvalue weighted by molar-refractivity contribution is 0.0690. The third kappa shape index (κ3) is 3.23. The molecule has 6 heteroatoms. The minimum Gasteiger partial charge on any atom is -0.491 e. The van der Waals surface area contributed by atoms with Crippen LogP contribution in [0.25, 0.3) is 0 Å². The highest BCUT2D eigenvalue weighted by atomic mass is 19.1. The van der Waals surface area contributed by atoms with Crippen molar-refractivity contribution in [2.75, 3.05) is 11.9 Å². The number of aromatic nitrogens is 1. The number of halogens is 1. The molecule has 0 atom stereocenters. The Kier molecular flexibility index (Phi) is 4.14. The molecule has 104 valence electrons. The van der Waals surface area contributed by atoms with Crippen molar-refractivity contribution in [3.8, 4) is 5.75 Å². The van der Waals surface area contributed by atoms with Crippen LogP contribution in [-0.2, 0) is 0 Å². The molecule has 0 radical (unpaired) electrons. The molecule has 1 aromatic carbocycles. The molecule has 0 saturated heterocycles. The summed E-state index contributed by atoms with van der Waals surface area (Å²) in [5, 5.41) is 11.7. The van der Waals surface area contributed by atoms with Gasteiger partial charge < -0.3 is 15.2 Å². The highest BCUT2D eigenvalue weighted by Gasteiger charge is 2.07. The van der Waals surface area contributed by atoms with Crippen molar-refractivity contribution < 1.29 is 19.0 Å². The SMILES string of the molecule is CCOc1ccc(Nc2cccc(C(=O)O)n2)cc1F. The number of benzene rings is 1.